The second-order valence-electron chi connectivity index (χ2n) is 6.74. The van der Waals surface area contributed by atoms with Gasteiger partial charge in [-0.05, 0) is 26.2 Å². The first-order chi connectivity index (χ1) is 11.2. The third-order valence-corrected chi connectivity index (χ3v) is 6.08. The molecule has 0 bridgehead atoms. The molecule has 126 valence electrons. The molecule has 0 radical (unpaired) electrons. The Morgan fingerprint density at radius 1 is 1.48 bits per heavy atom. The van der Waals surface area contributed by atoms with Crippen LogP contribution in [0.3, 0.4) is 0 Å². The molecule has 1 aromatic heterocycles. The fourth-order valence-electron chi connectivity index (χ4n) is 3.99. The third-order valence-electron chi connectivity index (χ3n) is 5.13. The highest BCUT2D eigenvalue weighted by Gasteiger charge is 2.55. The minimum atomic E-state index is -0.436. The summed E-state index contributed by atoms with van der Waals surface area (Å²) < 4.78 is 5.90. The average molecular weight is 337 g/mol. The number of rotatable bonds is 3. The SMILES string of the molecule is Cc1csc(CN2CC[C@H]3OCC[C@@]3(C(=O)N3CCCO3)C2)n1. The van der Waals surface area contributed by atoms with Crippen LogP contribution in [0.4, 0.5) is 0 Å². The van der Waals surface area contributed by atoms with Gasteiger partial charge in [-0.25, -0.2) is 10.0 Å². The number of fused-ring (bicyclic) bond motifs is 1. The van der Waals surface area contributed by atoms with E-state index in [0.29, 0.717) is 19.8 Å². The quantitative estimate of drug-likeness (QED) is 0.838. The highest BCUT2D eigenvalue weighted by Crippen LogP contribution is 2.43. The number of nitrogens with zero attached hydrogens (tertiary/aromatic N) is 3. The number of carbonyl (C=O) groups is 1. The number of hydroxylamine groups is 2. The van der Waals surface area contributed by atoms with Crippen LogP contribution in [0.1, 0.15) is 30.0 Å². The summed E-state index contributed by atoms with van der Waals surface area (Å²) in [6.07, 6.45) is 2.66. The van der Waals surface area contributed by atoms with Gasteiger partial charge in [-0.3, -0.25) is 14.5 Å². The van der Waals surface area contributed by atoms with Crippen LogP contribution >= 0.6 is 11.3 Å². The van der Waals surface area contributed by atoms with E-state index in [0.717, 1.165) is 49.6 Å². The second kappa shape index (κ2) is 6.12. The van der Waals surface area contributed by atoms with Crippen LogP contribution in [-0.4, -0.2) is 59.8 Å². The number of thiazole rings is 1. The van der Waals surface area contributed by atoms with Crippen molar-refractivity contribution in [1.82, 2.24) is 14.9 Å². The first kappa shape index (κ1) is 15.5. The van der Waals surface area contributed by atoms with Crippen molar-refractivity contribution in [1.29, 1.82) is 0 Å². The van der Waals surface area contributed by atoms with Gasteiger partial charge in [-0.1, -0.05) is 0 Å². The summed E-state index contributed by atoms with van der Waals surface area (Å²) in [6.45, 7) is 6.57. The molecule has 4 heterocycles. The molecule has 1 aromatic rings. The van der Waals surface area contributed by atoms with Gasteiger partial charge in [0.25, 0.3) is 5.91 Å². The van der Waals surface area contributed by atoms with Crippen LogP contribution in [-0.2, 0) is 20.9 Å². The van der Waals surface area contributed by atoms with Crippen LogP contribution in [0, 0.1) is 12.3 Å². The van der Waals surface area contributed by atoms with Gasteiger partial charge in [0.15, 0.2) is 0 Å². The Kier molecular flexibility index (Phi) is 4.13. The van der Waals surface area contributed by atoms with E-state index in [2.05, 4.69) is 15.3 Å². The molecule has 0 aliphatic carbocycles. The van der Waals surface area contributed by atoms with E-state index in [1.165, 1.54) is 0 Å². The van der Waals surface area contributed by atoms with Crippen LogP contribution in [0.2, 0.25) is 0 Å². The number of amides is 1. The molecule has 0 N–H and O–H groups in total. The molecule has 0 spiro atoms. The van der Waals surface area contributed by atoms with E-state index in [-0.39, 0.29) is 12.0 Å². The Balaban J connectivity index is 1.52. The lowest BCUT2D eigenvalue weighted by Gasteiger charge is -2.43. The van der Waals surface area contributed by atoms with Gasteiger partial charge in [0, 0.05) is 30.8 Å². The molecule has 0 unspecified atom stereocenters. The molecule has 3 aliphatic heterocycles. The molecule has 3 saturated heterocycles. The van der Waals surface area contributed by atoms with Crippen molar-refractivity contribution in [2.75, 3.05) is 32.8 Å². The summed E-state index contributed by atoms with van der Waals surface area (Å²) in [5.74, 6) is 0.123. The number of aromatic nitrogens is 1. The minimum absolute atomic E-state index is 0.0356. The molecule has 7 heteroatoms. The van der Waals surface area contributed by atoms with Gasteiger partial charge >= 0.3 is 0 Å². The van der Waals surface area contributed by atoms with Gasteiger partial charge in [0.2, 0.25) is 0 Å². The van der Waals surface area contributed by atoms with E-state index in [1.54, 1.807) is 16.4 Å². The van der Waals surface area contributed by atoms with Crippen LogP contribution in [0.25, 0.3) is 0 Å². The van der Waals surface area contributed by atoms with Crippen molar-refractivity contribution in [2.24, 2.45) is 5.41 Å². The van der Waals surface area contributed by atoms with Crippen molar-refractivity contribution in [2.45, 2.75) is 38.8 Å². The molecule has 23 heavy (non-hydrogen) atoms. The number of likely N-dealkylation sites (tertiary alicyclic amines) is 1. The summed E-state index contributed by atoms with van der Waals surface area (Å²) >= 11 is 1.70. The van der Waals surface area contributed by atoms with Gasteiger partial charge < -0.3 is 4.74 Å². The second-order valence-corrected chi connectivity index (χ2v) is 7.68. The van der Waals surface area contributed by atoms with Gasteiger partial charge in [0.05, 0.1) is 31.2 Å². The normalized spacial score (nSPS) is 31.5. The van der Waals surface area contributed by atoms with Crippen molar-refractivity contribution in [3.8, 4) is 0 Å². The summed E-state index contributed by atoms with van der Waals surface area (Å²) in [4.78, 5) is 25.5. The number of carbonyl (C=O) groups excluding carboxylic acids is 1. The maximum absolute atomic E-state index is 13.1. The lowest BCUT2D eigenvalue weighted by molar-refractivity contribution is -0.187. The van der Waals surface area contributed by atoms with Crippen molar-refractivity contribution < 1.29 is 14.4 Å². The van der Waals surface area contributed by atoms with Crippen LogP contribution < -0.4 is 0 Å². The fraction of sp³-hybridized carbons (Fsp3) is 0.750. The first-order valence-corrected chi connectivity index (χ1v) is 9.25. The molecule has 0 aromatic carbocycles. The van der Waals surface area contributed by atoms with Gasteiger partial charge in [-0.15, -0.1) is 11.3 Å². The number of hydrogen-bond donors (Lipinski definition) is 0. The Morgan fingerprint density at radius 3 is 3.13 bits per heavy atom. The lowest BCUT2D eigenvalue weighted by atomic mass is 9.75. The number of ether oxygens (including phenoxy) is 1. The van der Waals surface area contributed by atoms with E-state index in [4.69, 9.17) is 9.57 Å². The average Bonchev–Trinajstić information content (AvgIpc) is 3.27. The van der Waals surface area contributed by atoms with Crippen molar-refractivity contribution in [3.63, 3.8) is 0 Å². The third kappa shape index (κ3) is 2.80. The van der Waals surface area contributed by atoms with E-state index < -0.39 is 5.41 Å². The van der Waals surface area contributed by atoms with Crippen LogP contribution in [0.5, 0.6) is 0 Å². The van der Waals surface area contributed by atoms with E-state index >= 15 is 0 Å². The molecule has 6 nitrogen and oxygen atoms in total. The number of piperidine rings is 1. The number of hydrogen-bond acceptors (Lipinski definition) is 6. The van der Waals surface area contributed by atoms with Crippen molar-refractivity contribution in [3.05, 3.63) is 16.1 Å². The molecular weight excluding hydrogens is 314 g/mol. The summed E-state index contributed by atoms with van der Waals surface area (Å²) in [6, 6.07) is 0. The predicted molar refractivity (Wildman–Crippen MR) is 85.8 cm³/mol. The Morgan fingerprint density at radius 2 is 2.39 bits per heavy atom. The Bertz CT molecular complexity index is 587. The summed E-state index contributed by atoms with van der Waals surface area (Å²) in [5, 5.41) is 4.79. The zero-order valence-electron chi connectivity index (χ0n) is 13.5. The standard InChI is InChI=1S/C16H23N3O3S/c1-12-10-23-14(17-12)9-18-6-3-13-16(11-18,4-8-21-13)15(20)19-5-2-7-22-19/h10,13H,2-9,11H2,1H3/t13-,16-/m1/s1. The zero-order chi connectivity index (χ0) is 15.9. The van der Waals surface area contributed by atoms with Gasteiger partial charge in [0.1, 0.15) is 5.01 Å². The van der Waals surface area contributed by atoms with Crippen molar-refractivity contribution >= 4 is 17.2 Å². The number of aryl methyl sites for hydroxylation is 1. The summed E-state index contributed by atoms with van der Waals surface area (Å²) in [7, 11) is 0. The summed E-state index contributed by atoms with van der Waals surface area (Å²) in [5.41, 5.74) is 0.634. The first-order valence-electron chi connectivity index (χ1n) is 8.37. The molecule has 3 fully saturated rings. The maximum atomic E-state index is 13.1. The van der Waals surface area contributed by atoms with E-state index in [1.807, 2.05) is 6.92 Å². The minimum Gasteiger partial charge on any atom is -0.377 e. The molecule has 2 atom stereocenters. The topological polar surface area (TPSA) is 54.9 Å². The molecular formula is C16H23N3O3S. The maximum Gasteiger partial charge on any atom is 0.256 e. The largest absolute Gasteiger partial charge is 0.377 e. The molecule has 4 rings (SSSR count). The Labute approximate surface area is 140 Å². The Hall–Kier alpha value is -1.02. The predicted octanol–water partition coefficient (Wildman–Crippen LogP) is 1.60. The smallest absolute Gasteiger partial charge is 0.256 e. The zero-order valence-corrected chi connectivity index (χ0v) is 14.3. The monoisotopic (exact) mass is 337 g/mol. The molecule has 1 amide bonds. The fourth-order valence-corrected chi connectivity index (χ4v) is 4.81. The molecule has 3 aliphatic rings. The van der Waals surface area contributed by atoms with E-state index in [9.17, 15) is 4.79 Å². The highest BCUT2D eigenvalue weighted by molar-refractivity contribution is 7.09. The molecule has 0 saturated carbocycles. The lowest BCUT2D eigenvalue weighted by Crippen LogP contribution is -2.57. The van der Waals surface area contributed by atoms with Crippen LogP contribution in [0.15, 0.2) is 5.38 Å². The van der Waals surface area contributed by atoms with Gasteiger partial charge in [-0.2, -0.15) is 0 Å². The highest BCUT2D eigenvalue weighted by atomic mass is 32.1.